The lowest BCUT2D eigenvalue weighted by molar-refractivity contribution is -0.0767. The van der Waals surface area contributed by atoms with Gasteiger partial charge in [0.25, 0.3) is 0 Å². The van der Waals surface area contributed by atoms with Gasteiger partial charge in [0.2, 0.25) is 0 Å². The number of likely N-dealkylation sites (tertiary alicyclic amines) is 1. The molecule has 4 heteroatoms. The summed E-state index contributed by atoms with van der Waals surface area (Å²) in [5.41, 5.74) is 6.21. The van der Waals surface area contributed by atoms with Crippen LogP contribution in [0.3, 0.4) is 0 Å². The molecule has 2 aliphatic heterocycles. The Labute approximate surface area is 90.3 Å². The van der Waals surface area contributed by atoms with Crippen molar-refractivity contribution in [2.45, 2.75) is 30.2 Å². The van der Waals surface area contributed by atoms with Crippen LogP contribution in [-0.2, 0) is 4.74 Å². The molecule has 0 amide bonds. The molecule has 2 unspecified atom stereocenters. The first-order valence-electron chi connectivity index (χ1n) is 5.30. The number of nitrogens with zero attached hydrogens (tertiary/aromatic N) is 1. The molecule has 82 valence electrons. The minimum atomic E-state index is 0.277. The van der Waals surface area contributed by atoms with Crippen molar-refractivity contribution >= 4 is 11.8 Å². The Morgan fingerprint density at radius 2 is 2.29 bits per heavy atom. The third-order valence-corrected chi connectivity index (χ3v) is 4.98. The van der Waals surface area contributed by atoms with Gasteiger partial charge in [0.05, 0.1) is 6.10 Å². The lowest BCUT2D eigenvalue weighted by Crippen LogP contribution is -2.65. The monoisotopic (exact) mass is 216 g/mol. The second-order valence-corrected chi connectivity index (χ2v) is 5.94. The highest BCUT2D eigenvalue weighted by Crippen LogP contribution is 2.40. The summed E-state index contributed by atoms with van der Waals surface area (Å²) >= 11 is 2.05. The van der Waals surface area contributed by atoms with Crippen LogP contribution in [0.4, 0.5) is 0 Å². The molecule has 2 N–H and O–H groups in total. The lowest BCUT2D eigenvalue weighted by atomic mass is 9.90. The molecule has 0 spiro atoms. The Morgan fingerprint density at radius 1 is 1.57 bits per heavy atom. The lowest BCUT2D eigenvalue weighted by Gasteiger charge is -2.49. The first kappa shape index (κ1) is 10.7. The molecule has 0 aliphatic carbocycles. The van der Waals surface area contributed by atoms with E-state index in [4.69, 9.17) is 10.5 Å². The summed E-state index contributed by atoms with van der Waals surface area (Å²) < 4.78 is 5.30. The number of nitrogens with two attached hydrogens (primary N) is 1. The average molecular weight is 216 g/mol. The Hall–Kier alpha value is 0.230. The SMILES string of the molecule is COC1CN(C2(CN)CSC(C)C2)C1. The van der Waals surface area contributed by atoms with Crippen molar-refractivity contribution in [1.82, 2.24) is 4.90 Å². The molecule has 2 heterocycles. The van der Waals surface area contributed by atoms with Gasteiger partial charge in [-0.05, 0) is 6.42 Å². The van der Waals surface area contributed by atoms with Gasteiger partial charge in [0, 0.05) is 43.3 Å². The highest BCUT2D eigenvalue weighted by molar-refractivity contribution is 8.00. The van der Waals surface area contributed by atoms with E-state index in [2.05, 4.69) is 23.6 Å². The van der Waals surface area contributed by atoms with E-state index in [0.717, 1.165) is 24.9 Å². The van der Waals surface area contributed by atoms with Gasteiger partial charge in [-0.25, -0.2) is 0 Å². The largest absolute Gasteiger partial charge is 0.379 e. The van der Waals surface area contributed by atoms with E-state index in [1.165, 1.54) is 12.2 Å². The standard InChI is InChI=1S/C10H20N2OS/c1-8-3-10(6-11,7-14-8)12-4-9(5-12)13-2/h8-9H,3-7,11H2,1-2H3. The highest BCUT2D eigenvalue weighted by Gasteiger charge is 2.46. The van der Waals surface area contributed by atoms with Gasteiger partial charge in [0.1, 0.15) is 0 Å². The number of thioether (sulfide) groups is 1. The maximum Gasteiger partial charge on any atom is 0.0825 e. The third-order valence-electron chi connectivity index (χ3n) is 3.54. The molecule has 2 aliphatic rings. The van der Waals surface area contributed by atoms with Crippen LogP contribution < -0.4 is 5.73 Å². The van der Waals surface area contributed by atoms with Crippen LogP contribution in [0.25, 0.3) is 0 Å². The molecule has 0 radical (unpaired) electrons. The molecular formula is C10H20N2OS. The first-order valence-corrected chi connectivity index (χ1v) is 6.34. The van der Waals surface area contributed by atoms with Crippen LogP contribution in [0.1, 0.15) is 13.3 Å². The van der Waals surface area contributed by atoms with Crippen LogP contribution in [0, 0.1) is 0 Å². The van der Waals surface area contributed by atoms with Crippen LogP contribution in [0.2, 0.25) is 0 Å². The summed E-state index contributed by atoms with van der Waals surface area (Å²) in [6.45, 7) is 5.23. The van der Waals surface area contributed by atoms with E-state index in [0.29, 0.717) is 6.10 Å². The van der Waals surface area contributed by atoms with E-state index < -0.39 is 0 Å². The summed E-state index contributed by atoms with van der Waals surface area (Å²) in [7, 11) is 1.79. The fourth-order valence-electron chi connectivity index (χ4n) is 2.42. The second-order valence-electron chi connectivity index (χ2n) is 4.52. The topological polar surface area (TPSA) is 38.5 Å². The predicted octanol–water partition coefficient (Wildman–Crippen LogP) is 0.540. The maximum atomic E-state index is 5.93. The summed E-state index contributed by atoms with van der Waals surface area (Å²) in [6, 6.07) is 0. The van der Waals surface area contributed by atoms with Crippen LogP contribution in [0.15, 0.2) is 0 Å². The van der Waals surface area contributed by atoms with E-state index >= 15 is 0 Å². The van der Waals surface area contributed by atoms with Crippen molar-refractivity contribution in [2.75, 3.05) is 32.5 Å². The fraction of sp³-hybridized carbons (Fsp3) is 1.00. The molecule has 2 rings (SSSR count). The Morgan fingerprint density at radius 3 is 2.71 bits per heavy atom. The third kappa shape index (κ3) is 1.69. The Kier molecular flexibility index (Phi) is 3.07. The molecule has 0 aromatic carbocycles. The second kappa shape index (κ2) is 4.00. The van der Waals surface area contributed by atoms with E-state index in [1.54, 1.807) is 7.11 Å². The van der Waals surface area contributed by atoms with Crippen LogP contribution in [0.5, 0.6) is 0 Å². The van der Waals surface area contributed by atoms with Crippen molar-refractivity contribution in [2.24, 2.45) is 5.73 Å². The van der Waals surface area contributed by atoms with Gasteiger partial charge in [-0.1, -0.05) is 6.92 Å². The predicted molar refractivity (Wildman–Crippen MR) is 60.7 cm³/mol. The van der Waals surface area contributed by atoms with Crippen molar-refractivity contribution in [3.8, 4) is 0 Å². The molecule has 0 aromatic rings. The molecule has 3 nitrogen and oxygen atoms in total. The highest BCUT2D eigenvalue weighted by atomic mass is 32.2. The normalized spacial score (nSPS) is 40.1. The minimum Gasteiger partial charge on any atom is -0.379 e. The van der Waals surface area contributed by atoms with Crippen molar-refractivity contribution < 1.29 is 4.74 Å². The average Bonchev–Trinajstić information content (AvgIpc) is 2.47. The molecular weight excluding hydrogens is 196 g/mol. The number of hydrogen-bond acceptors (Lipinski definition) is 4. The van der Waals surface area contributed by atoms with Gasteiger partial charge in [-0.15, -0.1) is 0 Å². The van der Waals surface area contributed by atoms with Crippen molar-refractivity contribution in [1.29, 1.82) is 0 Å². The van der Waals surface area contributed by atoms with Crippen molar-refractivity contribution in [3.05, 3.63) is 0 Å². The van der Waals surface area contributed by atoms with Gasteiger partial charge in [-0.2, -0.15) is 11.8 Å². The quantitative estimate of drug-likeness (QED) is 0.747. The van der Waals surface area contributed by atoms with Gasteiger partial charge in [-0.3, -0.25) is 4.90 Å². The summed E-state index contributed by atoms with van der Waals surface area (Å²) in [6.07, 6.45) is 1.68. The molecule has 2 fully saturated rings. The van der Waals surface area contributed by atoms with Crippen LogP contribution >= 0.6 is 11.8 Å². The Balaban J connectivity index is 1.94. The molecule has 0 bridgehead atoms. The van der Waals surface area contributed by atoms with Gasteiger partial charge >= 0.3 is 0 Å². The van der Waals surface area contributed by atoms with Gasteiger partial charge in [0.15, 0.2) is 0 Å². The summed E-state index contributed by atoms with van der Waals surface area (Å²) in [5.74, 6) is 1.20. The number of hydrogen-bond donors (Lipinski definition) is 1. The molecule has 2 saturated heterocycles. The fourth-order valence-corrected chi connectivity index (χ4v) is 3.86. The summed E-state index contributed by atoms with van der Waals surface area (Å²) in [4.78, 5) is 2.51. The van der Waals surface area contributed by atoms with E-state index in [9.17, 15) is 0 Å². The van der Waals surface area contributed by atoms with E-state index in [1.807, 2.05) is 0 Å². The number of rotatable bonds is 3. The summed E-state index contributed by atoms with van der Waals surface area (Å²) in [5, 5.41) is 0.764. The van der Waals surface area contributed by atoms with Crippen LogP contribution in [-0.4, -0.2) is 54.3 Å². The first-order chi connectivity index (χ1) is 6.70. The zero-order valence-electron chi connectivity index (χ0n) is 9.03. The maximum absolute atomic E-state index is 5.93. The zero-order valence-corrected chi connectivity index (χ0v) is 9.85. The van der Waals surface area contributed by atoms with Crippen molar-refractivity contribution in [3.63, 3.8) is 0 Å². The molecule has 0 aromatic heterocycles. The number of ether oxygens (including phenoxy) is 1. The Bertz CT molecular complexity index is 208. The molecule has 0 saturated carbocycles. The zero-order chi connectivity index (χ0) is 10.2. The van der Waals surface area contributed by atoms with Gasteiger partial charge < -0.3 is 10.5 Å². The van der Waals surface area contributed by atoms with E-state index in [-0.39, 0.29) is 5.54 Å². The molecule has 14 heavy (non-hydrogen) atoms. The molecule has 2 atom stereocenters. The smallest absolute Gasteiger partial charge is 0.0825 e. The minimum absolute atomic E-state index is 0.277. The number of methoxy groups -OCH3 is 1.